The zero-order valence-electron chi connectivity index (χ0n) is 12.6. The largest absolute Gasteiger partial charge is 0.465 e. The van der Waals surface area contributed by atoms with E-state index in [-0.39, 0.29) is 11.4 Å². The summed E-state index contributed by atoms with van der Waals surface area (Å²) in [5, 5.41) is 0.539. The molecule has 2 N–H and O–H groups in total. The van der Waals surface area contributed by atoms with Crippen molar-refractivity contribution in [2.75, 3.05) is 12.3 Å². The molecule has 1 fully saturated rings. The van der Waals surface area contributed by atoms with Crippen LogP contribution in [0.15, 0.2) is 30.3 Å². The molecule has 4 nitrogen and oxygen atoms in total. The minimum Gasteiger partial charge on any atom is -0.465 e. The normalized spacial score (nSPS) is 15.3. The van der Waals surface area contributed by atoms with E-state index in [1.807, 2.05) is 12.1 Å². The summed E-state index contributed by atoms with van der Waals surface area (Å²) in [6.07, 6.45) is 2.08. The van der Waals surface area contributed by atoms with Crippen molar-refractivity contribution in [1.82, 2.24) is 4.98 Å². The van der Waals surface area contributed by atoms with E-state index in [4.69, 9.17) is 22.1 Å². The van der Waals surface area contributed by atoms with Crippen molar-refractivity contribution in [1.29, 1.82) is 0 Å². The zero-order chi connectivity index (χ0) is 16.6. The van der Waals surface area contributed by atoms with Crippen molar-refractivity contribution in [2.24, 2.45) is 0 Å². The molecule has 120 valence electrons. The van der Waals surface area contributed by atoms with Gasteiger partial charge in [0, 0.05) is 17.9 Å². The quantitative estimate of drug-likeness (QED) is 0.438. The fourth-order valence-corrected chi connectivity index (χ4v) is 3.24. The van der Waals surface area contributed by atoms with Gasteiger partial charge in [-0.05, 0) is 47.1 Å². The molecule has 0 spiro atoms. The Morgan fingerprint density at radius 3 is 2.61 bits per heavy atom. The molecule has 0 aliphatic heterocycles. The van der Waals surface area contributed by atoms with Crippen molar-refractivity contribution < 1.29 is 9.53 Å². The maximum absolute atomic E-state index is 11.0. The fourth-order valence-electron chi connectivity index (χ4n) is 2.57. The minimum absolute atomic E-state index is 0.0169. The minimum atomic E-state index is -0.236. The number of aromatic nitrogens is 1. The molecule has 0 saturated heterocycles. The molecular weight excluding hydrogens is 427 g/mol. The molecule has 1 saturated carbocycles. The summed E-state index contributed by atoms with van der Waals surface area (Å²) < 4.78 is 5.93. The molecule has 3 rings (SSSR count). The maximum Gasteiger partial charge on any atom is 0.302 e. The molecule has 0 amide bonds. The Morgan fingerprint density at radius 1 is 1.39 bits per heavy atom. The standard InChI is InChI=1S/C17H16ClIN2O2/c1-10(22)23-9-17(6-7-17)12-4-2-11(3-5-12)15-13(18)8-14(20)16(19)21-15/h2-5,8H,6-7,9,20H2,1H3. The molecular formula is C17H16ClIN2O2. The van der Waals surface area contributed by atoms with E-state index < -0.39 is 0 Å². The third-order valence-corrected chi connectivity index (χ3v) is 5.28. The molecule has 1 aliphatic carbocycles. The molecule has 1 aromatic heterocycles. The van der Waals surface area contributed by atoms with Gasteiger partial charge in [-0.3, -0.25) is 4.79 Å². The van der Waals surface area contributed by atoms with Crippen LogP contribution in [0.3, 0.4) is 0 Å². The second-order valence-electron chi connectivity index (χ2n) is 5.84. The SMILES string of the molecule is CC(=O)OCC1(c2ccc(-c3nc(I)c(N)cc3Cl)cc2)CC1. The van der Waals surface area contributed by atoms with Gasteiger partial charge >= 0.3 is 5.97 Å². The predicted molar refractivity (Wildman–Crippen MR) is 99.4 cm³/mol. The number of hydrogen-bond donors (Lipinski definition) is 1. The van der Waals surface area contributed by atoms with E-state index in [0.717, 1.165) is 27.8 Å². The van der Waals surface area contributed by atoms with Crippen LogP contribution in [0.5, 0.6) is 0 Å². The third-order valence-electron chi connectivity index (χ3n) is 4.13. The van der Waals surface area contributed by atoms with Crippen molar-refractivity contribution >= 4 is 45.8 Å². The van der Waals surface area contributed by atoms with Crippen LogP contribution in [-0.2, 0) is 14.9 Å². The first-order chi connectivity index (χ1) is 10.9. The van der Waals surface area contributed by atoms with Crippen LogP contribution in [0.4, 0.5) is 5.69 Å². The smallest absolute Gasteiger partial charge is 0.302 e. The number of benzene rings is 1. The first kappa shape index (κ1) is 16.5. The van der Waals surface area contributed by atoms with E-state index in [0.29, 0.717) is 17.3 Å². The number of nitrogens with two attached hydrogens (primary N) is 1. The number of hydrogen-bond acceptors (Lipinski definition) is 4. The first-order valence-corrected chi connectivity index (χ1v) is 8.73. The third kappa shape index (κ3) is 3.45. The average molecular weight is 443 g/mol. The summed E-state index contributed by atoms with van der Waals surface area (Å²) in [7, 11) is 0. The Morgan fingerprint density at radius 2 is 2.04 bits per heavy atom. The van der Waals surface area contributed by atoms with Crippen LogP contribution in [-0.4, -0.2) is 17.6 Å². The number of esters is 1. The number of nitrogen functional groups attached to an aromatic ring is 1. The highest BCUT2D eigenvalue weighted by Gasteiger charge is 2.45. The summed E-state index contributed by atoms with van der Waals surface area (Å²) in [6.45, 7) is 1.88. The van der Waals surface area contributed by atoms with E-state index in [2.05, 4.69) is 39.7 Å². The molecule has 1 aromatic carbocycles. The molecule has 0 atom stereocenters. The summed E-state index contributed by atoms with van der Waals surface area (Å²) in [5.74, 6) is -0.236. The van der Waals surface area contributed by atoms with Gasteiger partial charge in [-0.25, -0.2) is 4.98 Å². The second kappa shape index (κ2) is 6.28. The van der Waals surface area contributed by atoms with Gasteiger partial charge in [0.25, 0.3) is 0 Å². The van der Waals surface area contributed by atoms with Crippen LogP contribution < -0.4 is 5.73 Å². The lowest BCUT2D eigenvalue weighted by Gasteiger charge is -2.16. The number of nitrogens with zero attached hydrogens (tertiary/aromatic N) is 1. The number of ether oxygens (including phenoxy) is 1. The highest BCUT2D eigenvalue weighted by Crippen LogP contribution is 2.48. The second-order valence-corrected chi connectivity index (χ2v) is 7.27. The van der Waals surface area contributed by atoms with E-state index in [9.17, 15) is 4.79 Å². The van der Waals surface area contributed by atoms with Gasteiger partial charge in [-0.1, -0.05) is 35.9 Å². The fraction of sp³-hybridized carbons (Fsp3) is 0.294. The number of pyridine rings is 1. The first-order valence-electron chi connectivity index (χ1n) is 7.27. The average Bonchev–Trinajstić information content (AvgIpc) is 3.30. The summed E-state index contributed by atoms with van der Waals surface area (Å²) in [4.78, 5) is 15.5. The van der Waals surface area contributed by atoms with Gasteiger partial charge in [-0.15, -0.1) is 0 Å². The number of carbonyl (C=O) groups is 1. The molecule has 0 bridgehead atoms. The van der Waals surface area contributed by atoms with Gasteiger partial charge in [0.1, 0.15) is 10.3 Å². The maximum atomic E-state index is 11.0. The van der Waals surface area contributed by atoms with E-state index in [1.54, 1.807) is 6.07 Å². The van der Waals surface area contributed by atoms with E-state index >= 15 is 0 Å². The van der Waals surface area contributed by atoms with Crippen LogP contribution >= 0.6 is 34.2 Å². The van der Waals surface area contributed by atoms with Crippen LogP contribution in [0.2, 0.25) is 5.02 Å². The molecule has 23 heavy (non-hydrogen) atoms. The summed E-state index contributed by atoms with van der Waals surface area (Å²) >= 11 is 8.36. The predicted octanol–water partition coefficient (Wildman–Crippen LogP) is 4.18. The van der Waals surface area contributed by atoms with Crippen molar-refractivity contribution in [3.8, 4) is 11.3 Å². The van der Waals surface area contributed by atoms with Crippen molar-refractivity contribution in [3.63, 3.8) is 0 Å². The van der Waals surface area contributed by atoms with Gasteiger partial charge in [0.15, 0.2) is 0 Å². The number of halogens is 2. The Hall–Kier alpha value is -1.34. The lowest BCUT2D eigenvalue weighted by molar-refractivity contribution is -0.141. The number of anilines is 1. The van der Waals surface area contributed by atoms with Gasteiger partial charge < -0.3 is 10.5 Å². The van der Waals surface area contributed by atoms with Gasteiger partial charge in [0.2, 0.25) is 0 Å². The Balaban J connectivity index is 1.86. The molecule has 0 radical (unpaired) electrons. The van der Waals surface area contributed by atoms with Crippen molar-refractivity contribution in [3.05, 3.63) is 44.6 Å². The zero-order valence-corrected chi connectivity index (χ0v) is 15.5. The number of carbonyl (C=O) groups excluding carboxylic acids is 1. The van der Waals surface area contributed by atoms with Crippen LogP contribution in [0.25, 0.3) is 11.3 Å². The van der Waals surface area contributed by atoms with Gasteiger partial charge in [0.05, 0.1) is 16.4 Å². The van der Waals surface area contributed by atoms with Crippen LogP contribution in [0.1, 0.15) is 25.3 Å². The van der Waals surface area contributed by atoms with Gasteiger partial charge in [-0.2, -0.15) is 0 Å². The lowest BCUT2D eigenvalue weighted by atomic mass is 9.95. The van der Waals surface area contributed by atoms with Crippen molar-refractivity contribution in [2.45, 2.75) is 25.2 Å². The molecule has 2 aromatic rings. The Bertz CT molecular complexity index is 758. The molecule has 1 heterocycles. The van der Waals surface area contributed by atoms with E-state index in [1.165, 1.54) is 12.5 Å². The highest BCUT2D eigenvalue weighted by molar-refractivity contribution is 14.1. The molecule has 1 aliphatic rings. The summed E-state index contributed by atoms with van der Waals surface area (Å²) in [6, 6.07) is 9.86. The lowest BCUT2D eigenvalue weighted by Crippen LogP contribution is -2.17. The summed E-state index contributed by atoms with van der Waals surface area (Å²) in [5.41, 5.74) is 9.23. The highest BCUT2D eigenvalue weighted by atomic mass is 127. The number of rotatable bonds is 4. The monoisotopic (exact) mass is 442 g/mol. The van der Waals surface area contributed by atoms with Crippen LogP contribution in [0, 0.1) is 3.70 Å². The molecule has 6 heteroatoms. The Kier molecular flexibility index (Phi) is 4.51. The topological polar surface area (TPSA) is 65.2 Å². The molecule has 0 unspecified atom stereocenters. The Labute approximate surface area is 153 Å².